The zero-order valence-corrected chi connectivity index (χ0v) is 18.6. The zero-order valence-electron chi connectivity index (χ0n) is 17.8. The van der Waals surface area contributed by atoms with E-state index < -0.39 is 15.9 Å². The number of anilines is 1. The first-order valence-electron chi connectivity index (χ1n) is 9.99. The van der Waals surface area contributed by atoms with Crippen molar-refractivity contribution >= 4 is 21.6 Å². The molecule has 156 valence electrons. The average molecular weight is 422 g/mol. The van der Waals surface area contributed by atoms with E-state index in [4.69, 9.17) is 0 Å². The molecule has 0 saturated heterocycles. The lowest BCUT2D eigenvalue weighted by Gasteiger charge is -2.24. The van der Waals surface area contributed by atoms with Crippen molar-refractivity contribution in [2.75, 3.05) is 4.31 Å². The Balaban J connectivity index is 2.10. The van der Waals surface area contributed by atoms with Gasteiger partial charge in [0.25, 0.3) is 15.9 Å². The molecule has 0 aliphatic rings. The molecule has 30 heavy (non-hydrogen) atoms. The Bertz CT molecular complexity index is 1110. The smallest absolute Gasteiger partial charge is 0.268 e. The number of carbonyl (C=O) groups excluding carboxylic acids is 1. The number of carbonyl (C=O) groups is 1. The van der Waals surface area contributed by atoms with E-state index in [1.807, 2.05) is 31.2 Å². The summed E-state index contributed by atoms with van der Waals surface area (Å²) in [6, 6.07) is 22.2. The molecule has 0 N–H and O–H groups in total. The van der Waals surface area contributed by atoms with Crippen molar-refractivity contribution in [3.05, 3.63) is 95.6 Å². The molecule has 0 atom stereocenters. The van der Waals surface area contributed by atoms with Gasteiger partial charge in [0, 0.05) is 5.56 Å². The molecule has 0 aliphatic heterocycles. The summed E-state index contributed by atoms with van der Waals surface area (Å²) >= 11 is 0. The maximum Gasteiger partial charge on any atom is 0.272 e. The Morgan fingerprint density at radius 1 is 0.833 bits per heavy atom. The standard InChI is InChI=1S/C25H27NO3S/c1-5-19-11-17-22(18-12-19)26(30(28,29)23-9-7-6-8-10-23)24(27)20-13-15-21(16-14-20)25(2,3)4/h6-18H,5H2,1-4H3. The number of hydrogen-bond donors (Lipinski definition) is 0. The van der Waals surface area contributed by atoms with Crippen LogP contribution in [0.15, 0.2) is 83.8 Å². The minimum absolute atomic E-state index is 0.0621. The Kier molecular flexibility index (Phi) is 6.13. The molecule has 0 bridgehead atoms. The van der Waals surface area contributed by atoms with E-state index >= 15 is 0 Å². The summed E-state index contributed by atoms with van der Waals surface area (Å²) in [5, 5.41) is 0. The minimum atomic E-state index is -4.08. The summed E-state index contributed by atoms with van der Waals surface area (Å²) in [7, 11) is -4.08. The minimum Gasteiger partial charge on any atom is -0.268 e. The molecule has 3 aromatic rings. The molecule has 3 aromatic carbocycles. The summed E-state index contributed by atoms with van der Waals surface area (Å²) in [5.41, 5.74) is 2.72. The van der Waals surface area contributed by atoms with E-state index in [1.54, 1.807) is 42.5 Å². The van der Waals surface area contributed by atoms with Crippen LogP contribution in [0, 0.1) is 0 Å². The largest absolute Gasteiger partial charge is 0.272 e. The number of amides is 1. The molecule has 0 unspecified atom stereocenters. The number of sulfonamides is 1. The van der Waals surface area contributed by atoms with E-state index in [1.165, 1.54) is 12.1 Å². The van der Waals surface area contributed by atoms with Crippen LogP contribution in [-0.2, 0) is 21.9 Å². The normalized spacial score (nSPS) is 11.9. The zero-order chi connectivity index (χ0) is 21.9. The lowest BCUT2D eigenvalue weighted by atomic mass is 9.87. The van der Waals surface area contributed by atoms with E-state index in [0.717, 1.165) is 21.9 Å². The lowest BCUT2D eigenvalue weighted by molar-refractivity contribution is 0.101. The first-order valence-corrected chi connectivity index (χ1v) is 11.4. The van der Waals surface area contributed by atoms with Crippen LogP contribution in [0.5, 0.6) is 0 Å². The van der Waals surface area contributed by atoms with Gasteiger partial charge in [-0.25, -0.2) is 8.42 Å². The third-order valence-corrected chi connectivity index (χ3v) is 6.77. The molecule has 5 heteroatoms. The van der Waals surface area contributed by atoms with Crippen LogP contribution in [-0.4, -0.2) is 14.3 Å². The molecule has 0 heterocycles. The van der Waals surface area contributed by atoms with Gasteiger partial charge in [0.05, 0.1) is 10.6 Å². The van der Waals surface area contributed by atoms with Gasteiger partial charge in [-0.05, 0) is 59.4 Å². The Labute approximate surface area is 179 Å². The fourth-order valence-corrected chi connectivity index (χ4v) is 4.60. The van der Waals surface area contributed by atoms with Crippen LogP contribution in [0.25, 0.3) is 0 Å². The van der Waals surface area contributed by atoms with Crippen molar-refractivity contribution in [2.24, 2.45) is 0 Å². The highest BCUT2D eigenvalue weighted by Gasteiger charge is 2.32. The van der Waals surface area contributed by atoms with Crippen molar-refractivity contribution in [2.45, 2.75) is 44.4 Å². The maximum absolute atomic E-state index is 13.4. The molecule has 0 spiro atoms. The van der Waals surface area contributed by atoms with Gasteiger partial charge in [-0.3, -0.25) is 4.79 Å². The van der Waals surface area contributed by atoms with Crippen LogP contribution in [0.2, 0.25) is 0 Å². The van der Waals surface area contributed by atoms with Crippen LogP contribution < -0.4 is 4.31 Å². The Hall–Kier alpha value is -2.92. The van der Waals surface area contributed by atoms with Crippen molar-refractivity contribution in [1.29, 1.82) is 0 Å². The van der Waals surface area contributed by atoms with Gasteiger partial charge >= 0.3 is 0 Å². The first kappa shape index (κ1) is 21.8. The summed E-state index contributed by atoms with van der Waals surface area (Å²) < 4.78 is 27.8. The third-order valence-electron chi connectivity index (χ3n) is 5.04. The first-order chi connectivity index (χ1) is 14.1. The fraction of sp³-hybridized carbons (Fsp3) is 0.240. The van der Waals surface area contributed by atoms with Crippen LogP contribution in [0.1, 0.15) is 49.2 Å². The second kappa shape index (κ2) is 8.44. The molecule has 3 rings (SSSR count). The molecule has 1 amide bonds. The quantitative estimate of drug-likeness (QED) is 0.540. The van der Waals surface area contributed by atoms with Gasteiger partial charge in [0.1, 0.15) is 0 Å². The lowest BCUT2D eigenvalue weighted by Crippen LogP contribution is -2.37. The van der Waals surface area contributed by atoms with E-state index in [0.29, 0.717) is 11.3 Å². The summed E-state index contributed by atoms with van der Waals surface area (Å²) in [6.45, 7) is 8.29. The van der Waals surface area contributed by atoms with Gasteiger partial charge < -0.3 is 0 Å². The van der Waals surface area contributed by atoms with Crippen molar-refractivity contribution in [1.82, 2.24) is 0 Å². The molecule has 0 fully saturated rings. The number of rotatable bonds is 5. The second-order valence-corrected chi connectivity index (χ2v) is 10.0. The summed E-state index contributed by atoms with van der Waals surface area (Å²) in [4.78, 5) is 13.5. The monoisotopic (exact) mass is 421 g/mol. The molecule has 0 saturated carbocycles. The summed E-state index contributed by atoms with van der Waals surface area (Å²) in [6.07, 6.45) is 0.827. The maximum atomic E-state index is 13.4. The molecular formula is C25H27NO3S. The van der Waals surface area contributed by atoms with Gasteiger partial charge in [-0.2, -0.15) is 4.31 Å². The van der Waals surface area contributed by atoms with E-state index in [2.05, 4.69) is 20.8 Å². The number of benzene rings is 3. The van der Waals surface area contributed by atoms with Crippen LogP contribution in [0.3, 0.4) is 0 Å². The predicted molar refractivity (Wildman–Crippen MR) is 121 cm³/mol. The average Bonchev–Trinajstić information content (AvgIpc) is 2.74. The fourth-order valence-electron chi connectivity index (χ4n) is 3.16. The number of nitrogens with zero attached hydrogens (tertiary/aromatic N) is 1. The van der Waals surface area contributed by atoms with Gasteiger partial charge in [-0.1, -0.05) is 70.2 Å². The summed E-state index contributed by atoms with van der Waals surface area (Å²) in [5.74, 6) is -0.580. The SMILES string of the molecule is CCc1ccc(N(C(=O)c2ccc(C(C)(C)C)cc2)S(=O)(=O)c2ccccc2)cc1. The molecule has 0 aromatic heterocycles. The predicted octanol–water partition coefficient (Wildman–Crippen LogP) is 5.58. The Morgan fingerprint density at radius 2 is 1.40 bits per heavy atom. The van der Waals surface area contributed by atoms with Crippen molar-refractivity contribution in [3.8, 4) is 0 Å². The van der Waals surface area contributed by atoms with E-state index in [-0.39, 0.29) is 10.3 Å². The van der Waals surface area contributed by atoms with Crippen LogP contribution in [0.4, 0.5) is 5.69 Å². The van der Waals surface area contributed by atoms with Crippen molar-refractivity contribution in [3.63, 3.8) is 0 Å². The van der Waals surface area contributed by atoms with Gasteiger partial charge in [-0.15, -0.1) is 0 Å². The second-order valence-electron chi connectivity index (χ2n) is 8.23. The van der Waals surface area contributed by atoms with Crippen molar-refractivity contribution < 1.29 is 13.2 Å². The molecule has 0 radical (unpaired) electrons. The highest BCUT2D eigenvalue weighted by molar-refractivity contribution is 7.93. The van der Waals surface area contributed by atoms with Gasteiger partial charge in [0.2, 0.25) is 0 Å². The van der Waals surface area contributed by atoms with Crippen LogP contribution >= 0.6 is 0 Å². The topological polar surface area (TPSA) is 54.5 Å². The highest BCUT2D eigenvalue weighted by atomic mass is 32.2. The third kappa shape index (κ3) is 4.46. The Morgan fingerprint density at radius 3 is 1.90 bits per heavy atom. The number of hydrogen-bond acceptors (Lipinski definition) is 3. The van der Waals surface area contributed by atoms with E-state index in [9.17, 15) is 13.2 Å². The highest BCUT2D eigenvalue weighted by Crippen LogP contribution is 2.28. The molecular weight excluding hydrogens is 394 g/mol. The molecule has 0 aliphatic carbocycles. The van der Waals surface area contributed by atoms with Gasteiger partial charge in [0.15, 0.2) is 0 Å². The molecule has 4 nitrogen and oxygen atoms in total. The number of aryl methyl sites for hydroxylation is 1.